The second-order valence-electron chi connectivity index (χ2n) is 7.79. The Bertz CT molecular complexity index is 1330. The predicted molar refractivity (Wildman–Crippen MR) is 125 cm³/mol. The quantitative estimate of drug-likeness (QED) is 0.485. The minimum Gasteiger partial charge on any atom is -0.366 e. The molecule has 4 rings (SSSR count). The van der Waals surface area contributed by atoms with Gasteiger partial charge in [-0.05, 0) is 62.6 Å². The zero-order valence-corrected chi connectivity index (χ0v) is 18.3. The molecule has 4 aromatic rings. The molecule has 0 radical (unpaired) electrons. The van der Waals surface area contributed by atoms with Gasteiger partial charge in [-0.25, -0.2) is 9.67 Å². The van der Waals surface area contributed by atoms with Crippen LogP contribution in [0.1, 0.15) is 39.3 Å². The third-order valence-electron chi connectivity index (χ3n) is 5.64. The highest BCUT2D eigenvalue weighted by molar-refractivity contribution is 6.03. The maximum Gasteiger partial charge on any atom is 0.250 e. The van der Waals surface area contributed by atoms with E-state index in [1.54, 1.807) is 24.3 Å². The molecule has 2 amide bonds. The molecular weight excluding hydrogens is 402 g/mol. The van der Waals surface area contributed by atoms with E-state index in [1.807, 2.05) is 48.9 Å². The van der Waals surface area contributed by atoms with Crippen LogP contribution in [-0.4, -0.2) is 26.6 Å². The normalized spacial score (nSPS) is 11.0. The molecule has 0 saturated carbocycles. The van der Waals surface area contributed by atoms with E-state index in [4.69, 9.17) is 15.8 Å². The zero-order chi connectivity index (χ0) is 22.8. The van der Waals surface area contributed by atoms with Crippen molar-refractivity contribution in [3.8, 4) is 5.69 Å². The van der Waals surface area contributed by atoms with Gasteiger partial charge in [0.15, 0.2) is 5.65 Å². The van der Waals surface area contributed by atoms with Crippen LogP contribution in [-0.2, 0) is 11.2 Å². The number of nitrogens with two attached hydrogens (primary N) is 1. The van der Waals surface area contributed by atoms with Crippen LogP contribution in [0.25, 0.3) is 16.7 Å². The lowest BCUT2D eigenvalue weighted by Crippen LogP contribution is -2.18. The first kappa shape index (κ1) is 21.2. The fourth-order valence-electron chi connectivity index (χ4n) is 4.08. The van der Waals surface area contributed by atoms with Crippen LogP contribution in [0, 0.1) is 20.8 Å². The summed E-state index contributed by atoms with van der Waals surface area (Å²) in [7, 11) is 0. The Labute approximate surface area is 186 Å². The first-order chi connectivity index (χ1) is 15.4. The SMILES string of the molecule is Cc1nc2c(c(C)nn2-c2ccccc2)c(C)c1CCC(=O)Nc1ccccc1C(N)=O. The Morgan fingerprint density at radius 2 is 1.66 bits per heavy atom. The van der Waals surface area contributed by atoms with Gasteiger partial charge in [-0.15, -0.1) is 0 Å². The molecule has 0 saturated heterocycles. The van der Waals surface area contributed by atoms with Crippen LogP contribution in [0.2, 0.25) is 0 Å². The number of hydrogen-bond donors (Lipinski definition) is 2. The minimum absolute atomic E-state index is 0.186. The summed E-state index contributed by atoms with van der Waals surface area (Å²) in [6, 6.07) is 16.6. The molecule has 32 heavy (non-hydrogen) atoms. The Kier molecular flexibility index (Phi) is 5.73. The highest BCUT2D eigenvalue weighted by Crippen LogP contribution is 2.28. The maximum absolute atomic E-state index is 12.6. The minimum atomic E-state index is -0.576. The number of carbonyl (C=O) groups excluding carboxylic acids is 2. The molecule has 2 heterocycles. The third-order valence-corrected chi connectivity index (χ3v) is 5.64. The second kappa shape index (κ2) is 8.63. The summed E-state index contributed by atoms with van der Waals surface area (Å²) in [5, 5.41) is 8.52. The van der Waals surface area contributed by atoms with Gasteiger partial charge in [0.1, 0.15) is 0 Å². The van der Waals surface area contributed by atoms with Gasteiger partial charge in [-0.2, -0.15) is 5.10 Å². The molecule has 162 valence electrons. The number of amides is 2. The Balaban J connectivity index is 1.60. The number of aryl methyl sites for hydroxylation is 3. The van der Waals surface area contributed by atoms with Crippen molar-refractivity contribution in [3.63, 3.8) is 0 Å². The van der Waals surface area contributed by atoms with E-state index in [1.165, 1.54) is 0 Å². The lowest BCUT2D eigenvalue weighted by atomic mass is 9.99. The van der Waals surface area contributed by atoms with Crippen molar-refractivity contribution in [2.75, 3.05) is 5.32 Å². The number of rotatable bonds is 6. The van der Waals surface area contributed by atoms with Gasteiger partial charge in [0.2, 0.25) is 5.91 Å². The number of primary amides is 1. The van der Waals surface area contributed by atoms with Crippen molar-refractivity contribution in [1.29, 1.82) is 0 Å². The molecule has 7 nitrogen and oxygen atoms in total. The lowest BCUT2D eigenvalue weighted by Gasteiger charge is -2.13. The summed E-state index contributed by atoms with van der Waals surface area (Å²) in [6.07, 6.45) is 0.787. The van der Waals surface area contributed by atoms with E-state index >= 15 is 0 Å². The summed E-state index contributed by atoms with van der Waals surface area (Å²) in [5.41, 5.74) is 11.8. The molecule has 3 N–H and O–H groups in total. The zero-order valence-electron chi connectivity index (χ0n) is 18.3. The van der Waals surface area contributed by atoms with Crippen LogP contribution < -0.4 is 11.1 Å². The Hall–Kier alpha value is -4.00. The summed E-state index contributed by atoms with van der Waals surface area (Å²) in [5.74, 6) is -0.762. The fourth-order valence-corrected chi connectivity index (χ4v) is 4.08. The molecular formula is C25H25N5O2. The van der Waals surface area contributed by atoms with Crippen LogP contribution in [0.5, 0.6) is 0 Å². The summed E-state index contributed by atoms with van der Waals surface area (Å²) >= 11 is 0. The topological polar surface area (TPSA) is 103 Å². The largest absolute Gasteiger partial charge is 0.366 e. The molecule has 0 aliphatic rings. The van der Waals surface area contributed by atoms with Gasteiger partial charge in [0.05, 0.1) is 22.6 Å². The summed E-state index contributed by atoms with van der Waals surface area (Å²) in [4.78, 5) is 29.0. The molecule has 7 heteroatoms. The molecule has 0 atom stereocenters. The van der Waals surface area contributed by atoms with Gasteiger partial charge >= 0.3 is 0 Å². The van der Waals surface area contributed by atoms with Crippen LogP contribution in [0.3, 0.4) is 0 Å². The average Bonchev–Trinajstić information content (AvgIpc) is 3.10. The third kappa shape index (κ3) is 3.97. The molecule has 2 aromatic heterocycles. The van der Waals surface area contributed by atoms with Gasteiger partial charge in [-0.1, -0.05) is 30.3 Å². The van der Waals surface area contributed by atoms with E-state index in [2.05, 4.69) is 12.2 Å². The van der Waals surface area contributed by atoms with E-state index < -0.39 is 5.91 Å². The van der Waals surface area contributed by atoms with E-state index in [9.17, 15) is 9.59 Å². The summed E-state index contributed by atoms with van der Waals surface area (Å²) < 4.78 is 1.86. The van der Waals surface area contributed by atoms with Crippen molar-refractivity contribution in [1.82, 2.24) is 14.8 Å². The molecule has 0 fully saturated rings. The van der Waals surface area contributed by atoms with E-state index in [0.29, 0.717) is 17.7 Å². The van der Waals surface area contributed by atoms with Crippen molar-refractivity contribution < 1.29 is 9.59 Å². The number of carbonyl (C=O) groups is 2. The fraction of sp³-hybridized carbons (Fsp3) is 0.200. The predicted octanol–water partition coefficient (Wildman–Crippen LogP) is 4.02. The number of para-hydroxylation sites is 2. The standard InChI is InChI=1S/C25H25N5O2/c1-15-19(13-14-22(31)28-21-12-8-7-11-20(21)24(26)32)16(2)27-25-23(15)17(3)29-30(25)18-9-5-4-6-10-18/h4-12H,13-14H2,1-3H3,(H2,26,32)(H,28,31). The number of fused-ring (bicyclic) bond motifs is 1. The maximum atomic E-state index is 12.6. The second-order valence-corrected chi connectivity index (χ2v) is 7.79. The molecule has 0 unspecified atom stereocenters. The molecule has 0 aliphatic heterocycles. The van der Waals surface area contributed by atoms with Gasteiger partial charge in [0.25, 0.3) is 5.91 Å². The van der Waals surface area contributed by atoms with E-state index in [-0.39, 0.29) is 12.3 Å². The lowest BCUT2D eigenvalue weighted by molar-refractivity contribution is -0.116. The number of aromatic nitrogens is 3. The first-order valence-electron chi connectivity index (χ1n) is 10.5. The van der Waals surface area contributed by atoms with Gasteiger partial charge in [-0.3, -0.25) is 9.59 Å². The number of benzene rings is 2. The molecule has 0 aliphatic carbocycles. The number of nitrogens with zero attached hydrogens (tertiary/aromatic N) is 3. The van der Waals surface area contributed by atoms with Crippen LogP contribution in [0.15, 0.2) is 54.6 Å². The van der Waals surface area contributed by atoms with Crippen LogP contribution >= 0.6 is 0 Å². The number of pyridine rings is 1. The van der Waals surface area contributed by atoms with Crippen molar-refractivity contribution in [2.45, 2.75) is 33.6 Å². The monoisotopic (exact) mass is 427 g/mol. The highest BCUT2D eigenvalue weighted by Gasteiger charge is 2.18. The van der Waals surface area contributed by atoms with Gasteiger partial charge < -0.3 is 11.1 Å². The number of anilines is 1. The number of nitrogens with one attached hydrogen (secondary N) is 1. The van der Waals surface area contributed by atoms with Gasteiger partial charge in [0, 0.05) is 17.5 Å². The van der Waals surface area contributed by atoms with Crippen LogP contribution in [0.4, 0.5) is 5.69 Å². The molecule has 0 spiro atoms. The van der Waals surface area contributed by atoms with Crippen molar-refractivity contribution in [3.05, 3.63) is 82.7 Å². The molecule has 2 aromatic carbocycles. The highest BCUT2D eigenvalue weighted by atomic mass is 16.2. The smallest absolute Gasteiger partial charge is 0.250 e. The van der Waals surface area contributed by atoms with E-state index in [0.717, 1.165) is 39.2 Å². The number of hydrogen-bond acceptors (Lipinski definition) is 4. The first-order valence-corrected chi connectivity index (χ1v) is 10.5. The molecule has 0 bridgehead atoms. The van der Waals surface area contributed by atoms with Crippen molar-refractivity contribution in [2.24, 2.45) is 5.73 Å². The Morgan fingerprint density at radius 3 is 2.38 bits per heavy atom. The summed E-state index contributed by atoms with van der Waals surface area (Å²) in [6.45, 7) is 5.99. The Morgan fingerprint density at radius 1 is 0.969 bits per heavy atom. The average molecular weight is 428 g/mol. The van der Waals surface area contributed by atoms with Crippen molar-refractivity contribution >= 4 is 28.5 Å².